The summed E-state index contributed by atoms with van der Waals surface area (Å²) < 4.78 is 10.5. The number of nitrogens with zero attached hydrogens (tertiary/aromatic N) is 2. The van der Waals surface area contributed by atoms with Gasteiger partial charge >= 0.3 is 6.03 Å². The number of aromatic nitrogens is 2. The maximum atomic E-state index is 13.0. The van der Waals surface area contributed by atoms with E-state index < -0.39 is 12.1 Å². The molecular formula is C23H27N5O4S. The lowest BCUT2D eigenvalue weighted by atomic mass is 9.98. The number of hydrogen-bond acceptors (Lipinski definition) is 7. The Hall–Kier alpha value is -3.66. The van der Waals surface area contributed by atoms with E-state index in [1.165, 1.54) is 18.4 Å². The first kappa shape index (κ1) is 24.0. The summed E-state index contributed by atoms with van der Waals surface area (Å²) in [6.45, 7) is 3.85. The van der Waals surface area contributed by atoms with Crippen molar-refractivity contribution in [3.63, 3.8) is 0 Å². The summed E-state index contributed by atoms with van der Waals surface area (Å²) in [5, 5.41) is 17.5. The van der Waals surface area contributed by atoms with Gasteiger partial charge in [-0.15, -0.1) is 10.2 Å². The largest absolute Gasteiger partial charge is 0.497 e. The Bertz CT molecular complexity index is 1100. The van der Waals surface area contributed by atoms with Crippen LogP contribution in [0, 0.1) is 5.92 Å². The molecule has 3 N–H and O–H groups in total. The van der Waals surface area contributed by atoms with Gasteiger partial charge in [-0.1, -0.05) is 55.9 Å². The Morgan fingerprint density at radius 1 is 1.03 bits per heavy atom. The molecule has 0 saturated heterocycles. The summed E-state index contributed by atoms with van der Waals surface area (Å²) in [4.78, 5) is 25.6. The van der Waals surface area contributed by atoms with Gasteiger partial charge in [-0.3, -0.25) is 10.1 Å². The van der Waals surface area contributed by atoms with Crippen molar-refractivity contribution in [2.45, 2.75) is 26.3 Å². The van der Waals surface area contributed by atoms with Crippen molar-refractivity contribution in [3.8, 4) is 22.1 Å². The maximum absolute atomic E-state index is 13.0. The zero-order chi connectivity index (χ0) is 23.8. The van der Waals surface area contributed by atoms with Gasteiger partial charge in [-0.2, -0.15) is 0 Å². The fourth-order valence-corrected chi connectivity index (χ4v) is 3.82. The van der Waals surface area contributed by atoms with Gasteiger partial charge < -0.3 is 20.1 Å². The average molecular weight is 470 g/mol. The molecule has 0 radical (unpaired) electrons. The Balaban J connectivity index is 1.69. The van der Waals surface area contributed by atoms with Crippen LogP contribution in [0.4, 0.5) is 15.6 Å². The Kier molecular flexibility index (Phi) is 8.20. The van der Waals surface area contributed by atoms with Crippen LogP contribution in [0.1, 0.15) is 20.3 Å². The molecule has 3 amide bonds. The third-order valence-corrected chi connectivity index (χ3v) is 6.00. The number of ether oxygens (including phenoxy) is 2. The number of carbonyl (C=O) groups is 2. The summed E-state index contributed by atoms with van der Waals surface area (Å²) >= 11 is 1.24. The van der Waals surface area contributed by atoms with Gasteiger partial charge in [0.05, 0.1) is 19.9 Å². The molecule has 0 saturated carbocycles. The van der Waals surface area contributed by atoms with E-state index in [1.807, 2.05) is 38.1 Å². The summed E-state index contributed by atoms with van der Waals surface area (Å²) in [5.74, 6) is 0.749. The van der Waals surface area contributed by atoms with Crippen LogP contribution in [0.5, 0.6) is 11.5 Å². The molecule has 0 aliphatic heterocycles. The highest BCUT2D eigenvalue weighted by Crippen LogP contribution is 2.29. The van der Waals surface area contributed by atoms with E-state index in [9.17, 15) is 9.59 Å². The van der Waals surface area contributed by atoms with E-state index in [0.29, 0.717) is 33.7 Å². The molecule has 0 bridgehead atoms. The number of amides is 3. The van der Waals surface area contributed by atoms with Gasteiger partial charge in [-0.05, 0) is 30.2 Å². The van der Waals surface area contributed by atoms with Crippen LogP contribution in [-0.4, -0.2) is 42.4 Å². The molecule has 3 aromatic rings. The SMILES string of the molecule is CCC(C)C(NC(=O)Nc1ccccc1OC)C(=O)Nc1nnc(-c2cccc(OC)c2)s1. The van der Waals surface area contributed by atoms with Crippen LogP contribution in [0.3, 0.4) is 0 Å². The quantitative estimate of drug-likeness (QED) is 0.428. The molecule has 1 aromatic heterocycles. The van der Waals surface area contributed by atoms with Crippen LogP contribution in [0.2, 0.25) is 0 Å². The van der Waals surface area contributed by atoms with E-state index in [4.69, 9.17) is 9.47 Å². The van der Waals surface area contributed by atoms with Crippen molar-refractivity contribution in [1.29, 1.82) is 0 Å². The van der Waals surface area contributed by atoms with Gasteiger partial charge in [-0.25, -0.2) is 4.79 Å². The molecule has 2 aromatic carbocycles. The molecule has 2 unspecified atom stereocenters. The number of benzene rings is 2. The van der Waals surface area contributed by atoms with Crippen LogP contribution >= 0.6 is 11.3 Å². The molecule has 1 heterocycles. The van der Waals surface area contributed by atoms with Crippen LogP contribution in [0.15, 0.2) is 48.5 Å². The summed E-state index contributed by atoms with van der Waals surface area (Å²) in [7, 11) is 3.12. The highest BCUT2D eigenvalue weighted by Gasteiger charge is 2.27. The predicted octanol–water partition coefficient (Wildman–Crippen LogP) is 4.40. The minimum atomic E-state index is -0.770. The summed E-state index contributed by atoms with van der Waals surface area (Å²) in [5.41, 5.74) is 1.34. The first-order chi connectivity index (χ1) is 15.9. The number of para-hydroxylation sites is 2. The normalized spacial score (nSPS) is 12.4. The highest BCUT2D eigenvalue weighted by molar-refractivity contribution is 7.18. The van der Waals surface area contributed by atoms with E-state index in [-0.39, 0.29) is 11.8 Å². The van der Waals surface area contributed by atoms with Gasteiger partial charge in [0, 0.05) is 5.56 Å². The smallest absolute Gasteiger partial charge is 0.320 e. The lowest BCUT2D eigenvalue weighted by molar-refractivity contribution is -0.119. The second kappa shape index (κ2) is 11.3. The van der Waals surface area contributed by atoms with E-state index in [1.54, 1.807) is 31.4 Å². The molecule has 174 valence electrons. The lowest BCUT2D eigenvalue weighted by Gasteiger charge is -2.23. The molecule has 10 heteroatoms. The molecule has 9 nitrogen and oxygen atoms in total. The first-order valence-electron chi connectivity index (χ1n) is 10.4. The van der Waals surface area contributed by atoms with E-state index >= 15 is 0 Å². The van der Waals surface area contributed by atoms with Crippen molar-refractivity contribution in [2.24, 2.45) is 5.92 Å². The molecule has 3 rings (SSSR count). The van der Waals surface area contributed by atoms with E-state index in [0.717, 1.165) is 5.56 Å². The van der Waals surface area contributed by atoms with Crippen LogP contribution < -0.4 is 25.4 Å². The predicted molar refractivity (Wildman–Crippen MR) is 129 cm³/mol. The molecular weight excluding hydrogens is 442 g/mol. The molecule has 0 aliphatic rings. The van der Waals surface area contributed by atoms with Crippen molar-refractivity contribution in [3.05, 3.63) is 48.5 Å². The monoisotopic (exact) mass is 469 g/mol. The fourth-order valence-electron chi connectivity index (χ4n) is 3.08. The van der Waals surface area contributed by atoms with Gasteiger partial charge in [0.1, 0.15) is 22.5 Å². The number of nitrogens with one attached hydrogen (secondary N) is 3. The van der Waals surface area contributed by atoms with Crippen LogP contribution in [0.25, 0.3) is 10.6 Å². The van der Waals surface area contributed by atoms with Crippen molar-refractivity contribution in [1.82, 2.24) is 15.5 Å². The standard InChI is InChI=1S/C23H27N5O4S/c1-5-14(2)19(25-22(30)24-17-11-6-7-12-18(17)32-4)20(29)26-23-28-27-21(33-23)15-9-8-10-16(13-15)31-3/h6-14,19H,5H2,1-4H3,(H2,24,25,30)(H,26,28,29). The van der Waals surface area contributed by atoms with E-state index in [2.05, 4.69) is 26.1 Å². The first-order valence-corrected chi connectivity index (χ1v) is 11.3. The third-order valence-electron chi connectivity index (χ3n) is 5.11. The number of carbonyl (C=O) groups excluding carboxylic acids is 2. The van der Waals surface area contributed by atoms with Crippen molar-refractivity contribution in [2.75, 3.05) is 24.9 Å². The Morgan fingerprint density at radius 3 is 2.55 bits per heavy atom. The topological polar surface area (TPSA) is 114 Å². The lowest BCUT2D eigenvalue weighted by Crippen LogP contribution is -2.49. The zero-order valence-corrected chi connectivity index (χ0v) is 19.7. The zero-order valence-electron chi connectivity index (χ0n) is 18.9. The van der Waals surface area contributed by atoms with Gasteiger partial charge in [0.2, 0.25) is 11.0 Å². The number of anilines is 2. The molecule has 0 aliphatic carbocycles. The number of methoxy groups -OCH3 is 2. The Morgan fingerprint density at radius 2 is 1.82 bits per heavy atom. The van der Waals surface area contributed by atoms with Crippen LogP contribution in [-0.2, 0) is 4.79 Å². The molecule has 0 spiro atoms. The third kappa shape index (κ3) is 6.19. The van der Waals surface area contributed by atoms with Crippen molar-refractivity contribution >= 4 is 34.1 Å². The molecule has 33 heavy (non-hydrogen) atoms. The summed E-state index contributed by atoms with van der Waals surface area (Å²) in [6, 6.07) is 13.2. The van der Waals surface area contributed by atoms with Gasteiger partial charge in [0.25, 0.3) is 0 Å². The van der Waals surface area contributed by atoms with Crippen molar-refractivity contribution < 1.29 is 19.1 Å². The van der Waals surface area contributed by atoms with Gasteiger partial charge in [0.15, 0.2) is 0 Å². The Labute approximate surface area is 196 Å². The summed E-state index contributed by atoms with van der Waals surface area (Å²) in [6.07, 6.45) is 0.693. The fraction of sp³-hybridized carbons (Fsp3) is 0.304. The second-order valence-electron chi connectivity index (χ2n) is 7.30. The number of hydrogen-bond donors (Lipinski definition) is 3. The molecule has 0 fully saturated rings. The highest BCUT2D eigenvalue weighted by atomic mass is 32.1. The average Bonchev–Trinajstić information content (AvgIpc) is 3.30. The second-order valence-corrected chi connectivity index (χ2v) is 8.27. The minimum Gasteiger partial charge on any atom is -0.497 e. The number of rotatable bonds is 9. The number of urea groups is 1. The minimum absolute atomic E-state index is 0.112. The maximum Gasteiger partial charge on any atom is 0.320 e. The molecule has 2 atom stereocenters.